The third-order valence-electron chi connectivity index (χ3n) is 6.49. The van der Waals surface area contributed by atoms with Gasteiger partial charge in [-0.25, -0.2) is 0 Å². The highest BCUT2D eigenvalue weighted by Gasteiger charge is 2.40. The van der Waals surface area contributed by atoms with Crippen molar-refractivity contribution in [3.05, 3.63) is 107 Å². The van der Waals surface area contributed by atoms with Gasteiger partial charge in [0.25, 0.3) is 0 Å². The Labute approximate surface area is 188 Å². The number of rotatable bonds is 2. The molecule has 0 aromatic heterocycles. The normalized spacial score (nSPS) is 20.2. The SMILES string of the molecule is CC(=O)N1c2ccccc2NC2=C(C(=O)C[C@@H](c3ccccc3)C2)[C@@H]1c1ccc(C)cc1. The minimum atomic E-state index is -0.455. The Balaban J connectivity index is 1.71. The van der Waals surface area contributed by atoms with Gasteiger partial charge in [0.1, 0.15) is 0 Å². The molecular weight excluding hydrogens is 396 g/mol. The Morgan fingerprint density at radius 1 is 0.875 bits per heavy atom. The average molecular weight is 423 g/mol. The van der Waals surface area contributed by atoms with Crippen LogP contribution in [0.1, 0.15) is 48.4 Å². The number of allylic oxidation sites excluding steroid dienone is 1. The van der Waals surface area contributed by atoms with Crippen LogP contribution < -0.4 is 10.2 Å². The van der Waals surface area contributed by atoms with E-state index in [9.17, 15) is 9.59 Å². The van der Waals surface area contributed by atoms with E-state index in [4.69, 9.17) is 0 Å². The Hall–Kier alpha value is -3.66. The molecule has 1 heterocycles. The van der Waals surface area contributed by atoms with Crippen molar-refractivity contribution in [2.45, 2.75) is 38.6 Å². The van der Waals surface area contributed by atoms with Crippen LogP contribution in [-0.4, -0.2) is 11.7 Å². The average Bonchev–Trinajstić information content (AvgIpc) is 2.95. The predicted molar refractivity (Wildman–Crippen MR) is 128 cm³/mol. The summed E-state index contributed by atoms with van der Waals surface area (Å²) in [4.78, 5) is 28.5. The van der Waals surface area contributed by atoms with Crippen LogP contribution in [0.3, 0.4) is 0 Å². The molecule has 32 heavy (non-hydrogen) atoms. The number of para-hydroxylation sites is 2. The van der Waals surface area contributed by atoms with Crippen molar-refractivity contribution in [2.24, 2.45) is 0 Å². The zero-order valence-corrected chi connectivity index (χ0v) is 18.3. The number of Topliss-reactive ketones (excluding diaryl/α,β-unsaturated/α-hetero) is 1. The monoisotopic (exact) mass is 422 g/mol. The lowest BCUT2D eigenvalue weighted by Gasteiger charge is -2.34. The second-order valence-corrected chi connectivity index (χ2v) is 8.68. The first-order chi connectivity index (χ1) is 15.5. The fourth-order valence-corrected chi connectivity index (χ4v) is 4.96. The zero-order chi connectivity index (χ0) is 22.2. The van der Waals surface area contributed by atoms with Crippen LogP contribution >= 0.6 is 0 Å². The Bertz CT molecular complexity index is 1210. The van der Waals surface area contributed by atoms with Gasteiger partial charge >= 0.3 is 0 Å². The van der Waals surface area contributed by atoms with Crippen LogP contribution in [0, 0.1) is 6.92 Å². The maximum Gasteiger partial charge on any atom is 0.224 e. The standard InChI is InChI=1S/C28H26N2O2/c1-18-12-14-21(15-13-18)28-27-24(16-22(17-26(27)32)20-8-4-3-5-9-20)29-23-10-6-7-11-25(23)30(28)19(2)31/h3-15,22,28-29H,16-17H2,1-2H3/t22-,28-/m0/s1. The van der Waals surface area contributed by atoms with Crippen molar-refractivity contribution < 1.29 is 9.59 Å². The highest BCUT2D eigenvalue weighted by molar-refractivity contribution is 6.06. The summed E-state index contributed by atoms with van der Waals surface area (Å²) in [6.07, 6.45) is 1.17. The molecule has 0 spiro atoms. The molecule has 0 unspecified atom stereocenters. The molecule has 0 radical (unpaired) electrons. The third-order valence-corrected chi connectivity index (χ3v) is 6.49. The highest BCUT2D eigenvalue weighted by atomic mass is 16.2. The van der Waals surface area contributed by atoms with Crippen LogP contribution in [0.15, 0.2) is 90.1 Å². The van der Waals surface area contributed by atoms with Gasteiger partial charge in [-0.1, -0.05) is 72.3 Å². The van der Waals surface area contributed by atoms with Crippen molar-refractivity contribution in [2.75, 3.05) is 10.2 Å². The Morgan fingerprint density at radius 2 is 1.56 bits per heavy atom. The molecule has 0 fully saturated rings. The van der Waals surface area contributed by atoms with Gasteiger partial charge in [0.05, 0.1) is 17.4 Å². The molecule has 4 heteroatoms. The number of nitrogens with zero attached hydrogens (tertiary/aromatic N) is 1. The molecule has 0 bridgehead atoms. The molecule has 1 amide bonds. The molecule has 5 rings (SSSR count). The van der Waals surface area contributed by atoms with E-state index in [1.807, 2.05) is 73.7 Å². The molecule has 0 saturated carbocycles. The van der Waals surface area contributed by atoms with E-state index >= 15 is 0 Å². The molecule has 1 aliphatic carbocycles. The van der Waals surface area contributed by atoms with Gasteiger partial charge < -0.3 is 5.32 Å². The second-order valence-electron chi connectivity index (χ2n) is 8.68. The number of nitrogens with one attached hydrogen (secondary N) is 1. The number of carbonyl (C=O) groups excluding carboxylic acids is 2. The molecule has 0 saturated heterocycles. The Morgan fingerprint density at radius 3 is 2.28 bits per heavy atom. The molecule has 3 aromatic rings. The quantitative estimate of drug-likeness (QED) is 0.558. The minimum absolute atomic E-state index is 0.0865. The summed E-state index contributed by atoms with van der Waals surface area (Å²) >= 11 is 0. The summed E-state index contributed by atoms with van der Waals surface area (Å²) in [5.41, 5.74) is 6.52. The van der Waals surface area contributed by atoms with E-state index in [0.29, 0.717) is 12.0 Å². The van der Waals surface area contributed by atoms with Crippen molar-refractivity contribution in [1.82, 2.24) is 0 Å². The Kier molecular flexibility index (Phi) is 5.14. The van der Waals surface area contributed by atoms with E-state index in [-0.39, 0.29) is 17.6 Å². The lowest BCUT2D eigenvalue weighted by molar-refractivity contribution is -0.117. The lowest BCUT2D eigenvalue weighted by Crippen LogP contribution is -2.37. The van der Waals surface area contributed by atoms with Crippen LogP contribution in [0.4, 0.5) is 11.4 Å². The molecule has 1 N–H and O–H groups in total. The van der Waals surface area contributed by atoms with Gasteiger partial charge in [0, 0.05) is 24.6 Å². The van der Waals surface area contributed by atoms with Gasteiger partial charge in [-0.2, -0.15) is 0 Å². The van der Waals surface area contributed by atoms with Crippen molar-refractivity contribution in [3.63, 3.8) is 0 Å². The molecule has 160 valence electrons. The van der Waals surface area contributed by atoms with Crippen molar-refractivity contribution in [3.8, 4) is 0 Å². The van der Waals surface area contributed by atoms with Gasteiger partial charge in [-0.3, -0.25) is 14.5 Å². The summed E-state index contributed by atoms with van der Waals surface area (Å²) in [5.74, 6) is 0.124. The van der Waals surface area contributed by atoms with Crippen LogP contribution in [0.5, 0.6) is 0 Å². The molecule has 2 aliphatic rings. The molecule has 3 aromatic carbocycles. The first-order valence-electron chi connectivity index (χ1n) is 11.1. The predicted octanol–water partition coefficient (Wildman–Crippen LogP) is 5.92. The largest absolute Gasteiger partial charge is 0.357 e. The third kappa shape index (κ3) is 3.52. The van der Waals surface area contributed by atoms with E-state index in [1.165, 1.54) is 5.56 Å². The summed E-state index contributed by atoms with van der Waals surface area (Å²) in [6, 6.07) is 25.7. The number of amides is 1. The first kappa shape index (κ1) is 20.3. The van der Waals surface area contributed by atoms with Gasteiger partial charge in [0.2, 0.25) is 5.91 Å². The van der Waals surface area contributed by atoms with Gasteiger partial charge in [-0.05, 0) is 42.5 Å². The van der Waals surface area contributed by atoms with E-state index in [1.54, 1.807) is 11.8 Å². The van der Waals surface area contributed by atoms with Crippen LogP contribution in [-0.2, 0) is 9.59 Å². The topological polar surface area (TPSA) is 49.4 Å². The highest BCUT2D eigenvalue weighted by Crippen LogP contribution is 2.47. The fourth-order valence-electron chi connectivity index (χ4n) is 4.96. The first-order valence-corrected chi connectivity index (χ1v) is 11.1. The summed E-state index contributed by atoms with van der Waals surface area (Å²) in [6.45, 7) is 3.61. The van der Waals surface area contributed by atoms with Crippen molar-refractivity contribution in [1.29, 1.82) is 0 Å². The summed E-state index contributed by atoms with van der Waals surface area (Å²) in [7, 11) is 0. The van der Waals surface area contributed by atoms with E-state index in [2.05, 4.69) is 17.4 Å². The number of carbonyl (C=O) groups is 2. The molecule has 4 nitrogen and oxygen atoms in total. The molecule has 2 atom stereocenters. The van der Waals surface area contributed by atoms with Gasteiger partial charge in [-0.15, -0.1) is 0 Å². The number of hydrogen-bond donors (Lipinski definition) is 1. The number of anilines is 2. The minimum Gasteiger partial charge on any atom is -0.357 e. The molecule has 1 aliphatic heterocycles. The fraction of sp³-hybridized carbons (Fsp3) is 0.214. The lowest BCUT2D eigenvalue weighted by atomic mass is 9.78. The molecular formula is C28H26N2O2. The number of benzene rings is 3. The smallest absolute Gasteiger partial charge is 0.224 e. The zero-order valence-electron chi connectivity index (χ0n) is 18.3. The number of fused-ring (bicyclic) bond motifs is 1. The summed E-state index contributed by atoms with van der Waals surface area (Å²) < 4.78 is 0. The van der Waals surface area contributed by atoms with Crippen molar-refractivity contribution >= 4 is 23.1 Å². The number of ketones is 1. The second kappa shape index (κ2) is 8.12. The van der Waals surface area contributed by atoms with E-state index in [0.717, 1.165) is 34.6 Å². The van der Waals surface area contributed by atoms with Crippen LogP contribution in [0.25, 0.3) is 0 Å². The number of aryl methyl sites for hydroxylation is 1. The maximum absolute atomic E-state index is 13.7. The van der Waals surface area contributed by atoms with E-state index < -0.39 is 6.04 Å². The van der Waals surface area contributed by atoms with Gasteiger partial charge in [0.15, 0.2) is 5.78 Å². The van der Waals surface area contributed by atoms with Crippen LogP contribution in [0.2, 0.25) is 0 Å². The maximum atomic E-state index is 13.7. The number of hydrogen-bond acceptors (Lipinski definition) is 3. The summed E-state index contributed by atoms with van der Waals surface area (Å²) in [5, 5.41) is 3.55.